The van der Waals surface area contributed by atoms with Gasteiger partial charge >= 0.3 is 0 Å². The molecule has 146 valence electrons. The second-order valence-corrected chi connectivity index (χ2v) is 7.99. The number of nitrogens with zero attached hydrogens (tertiary/aromatic N) is 3. The van der Waals surface area contributed by atoms with E-state index in [1.54, 1.807) is 42.6 Å². The molecule has 0 fully saturated rings. The van der Waals surface area contributed by atoms with Crippen LogP contribution in [0.15, 0.2) is 60.9 Å². The highest BCUT2D eigenvalue weighted by atomic mass is 35.5. The van der Waals surface area contributed by atoms with Crippen LogP contribution >= 0.6 is 22.9 Å². The normalized spacial score (nSPS) is 10.9. The SMILES string of the molecule is COc1cccc(C(=O)N(Cc2ccncc2)c2nc3c(C)cc(Cl)cc3s2)c1. The molecule has 0 saturated heterocycles. The Labute approximate surface area is 177 Å². The fourth-order valence-electron chi connectivity index (χ4n) is 3.07. The molecule has 7 heteroatoms. The zero-order chi connectivity index (χ0) is 20.4. The molecule has 0 bridgehead atoms. The molecule has 0 atom stereocenters. The van der Waals surface area contributed by atoms with Gasteiger partial charge in [-0.2, -0.15) is 0 Å². The first kappa shape index (κ1) is 19.4. The van der Waals surface area contributed by atoms with Gasteiger partial charge in [0.25, 0.3) is 5.91 Å². The highest BCUT2D eigenvalue weighted by Crippen LogP contribution is 2.34. The maximum Gasteiger partial charge on any atom is 0.260 e. The lowest BCUT2D eigenvalue weighted by atomic mass is 10.1. The number of benzene rings is 2. The first-order valence-corrected chi connectivity index (χ1v) is 10.2. The van der Waals surface area contributed by atoms with Gasteiger partial charge in [-0.1, -0.05) is 29.0 Å². The third-order valence-electron chi connectivity index (χ3n) is 4.52. The molecular formula is C22H18ClN3O2S. The standard InChI is InChI=1S/C22H18ClN3O2S/c1-14-10-17(23)12-19-20(14)25-22(29-19)26(13-15-6-8-24-9-7-15)21(27)16-4-3-5-18(11-16)28-2/h3-12H,13H2,1-2H3. The summed E-state index contributed by atoms with van der Waals surface area (Å²) in [7, 11) is 1.58. The van der Waals surface area contributed by atoms with Gasteiger partial charge in [0.1, 0.15) is 5.75 Å². The minimum absolute atomic E-state index is 0.150. The molecular weight excluding hydrogens is 406 g/mol. The summed E-state index contributed by atoms with van der Waals surface area (Å²) in [6.07, 6.45) is 3.43. The van der Waals surface area contributed by atoms with Crippen LogP contribution in [0.5, 0.6) is 5.75 Å². The van der Waals surface area contributed by atoms with E-state index in [0.29, 0.717) is 28.0 Å². The van der Waals surface area contributed by atoms with Crippen LogP contribution in [0.4, 0.5) is 5.13 Å². The van der Waals surface area contributed by atoms with Crippen molar-refractivity contribution in [2.24, 2.45) is 0 Å². The monoisotopic (exact) mass is 423 g/mol. The van der Waals surface area contributed by atoms with Crippen LogP contribution in [0.1, 0.15) is 21.5 Å². The van der Waals surface area contributed by atoms with Crippen molar-refractivity contribution in [2.45, 2.75) is 13.5 Å². The minimum Gasteiger partial charge on any atom is -0.497 e. The van der Waals surface area contributed by atoms with Crippen LogP contribution in [-0.2, 0) is 6.54 Å². The topological polar surface area (TPSA) is 55.3 Å². The van der Waals surface area contributed by atoms with Gasteiger partial charge in [0.15, 0.2) is 5.13 Å². The summed E-state index contributed by atoms with van der Waals surface area (Å²) in [4.78, 5) is 23.9. The van der Waals surface area contributed by atoms with E-state index in [2.05, 4.69) is 4.98 Å². The summed E-state index contributed by atoms with van der Waals surface area (Å²) in [6.45, 7) is 2.35. The van der Waals surface area contributed by atoms with E-state index in [9.17, 15) is 4.79 Å². The zero-order valence-electron chi connectivity index (χ0n) is 15.9. The van der Waals surface area contributed by atoms with Crippen LogP contribution < -0.4 is 9.64 Å². The van der Waals surface area contributed by atoms with Crippen molar-refractivity contribution in [1.82, 2.24) is 9.97 Å². The number of thiazole rings is 1. The van der Waals surface area contributed by atoms with Gasteiger partial charge in [0, 0.05) is 23.0 Å². The van der Waals surface area contributed by atoms with Gasteiger partial charge in [-0.15, -0.1) is 0 Å². The van der Waals surface area contributed by atoms with Gasteiger partial charge in [-0.3, -0.25) is 14.7 Å². The molecule has 0 N–H and O–H groups in total. The van der Waals surface area contributed by atoms with E-state index < -0.39 is 0 Å². The second kappa shape index (κ2) is 8.19. The van der Waals surface area contributed by atoms with Crippen molar-refractivity contribution in [3.63, 3.8) is 0 Å². The van der Waals surface area contributed by atoms with Gasteiger partial charge in [-0.25, -0.2) is 4.98 Å². The van der Waals surface area contributed by atoms with E-state index in [1.807, 2.05) is 37.3 Å². The van der Waals surface area contributed by atoms with Crippen LogP contribution in [0, 0.1) is 6.92 Å². The van der Waals surface area contributed by atoms with E-state index in [0.717, 1.165) is 21.3 Å². The third kappa shape index (κ3) is 4.09. The smallest absolute Gasteiger partial charge is 0.260 e. The largest absolute Gasteiger partial charge is 0.497 e. The Morgan fingerprint density at radius 1 is 1.17 bits per heavy atom. The van der Waals surface area contributed by atoms with Crippen molar-refractivity contribution in [2.75, 3.05) is 12.0 Å². The Balaban J connectivity index is 1.79. The number of hydrogen-bond acceptors (Lipinski definition) is 5. The average Bonchev–Trinajstić information content (AvgIpc) is 3.16. The van der Waals surface area contributed by atoms with Crippen LogP contribution in [-0.4, -0.2) is 23.0 Å². The highest BCUT2D eigenvalue weighted by Gasteiger charge is 2.23. The number of pyridine rings is 1. The summed E-state index contributed by atoms with van der Waals surface area (Å²) >= 11 is 7.66. The lowest BCUT2D eigenvalue weighted by Gasteiger charge is -2.20. The lowest BCUT2D eigenvalue weighted by Crippen LogP contribution is -2.30. The average molecular weight is 424 g/mol. The first-order valence-electron chi connectivity index (χ1n) is 8.96. The molecule has 0 spiro atoms. The van der Waals surface area contributed by atoms with Crippen molar-refractivity contribution in [1.29, 1.82) is 0 Å². The van der Waals surface area contributed by atoms with E-state index >= 15 is 0 Å². The minimum atomic E-state index is -0.150. The number of ether oxygens (including phenoxy) is 1. The summed E-state index contributed by atoms with van der Waals surface area (Å²) < 4.78 is 6.23. The Bertz CT molecular complexity index is 1180. The number of amides is 1. The number of rotatable bonds is 5. The molecule has 29 heavy (non-hydrogen) atoms. The molecule has 2 aromatic heterocycles. The number of methoxy groups -OCH3 is 1. The van der Waals surface area contributed by atoms with E-state index in [-0.39, 0.29) is 5.91 Å². The predicted octanol–water partition coefficient (Wildman–Crippen LogP) is 5.51. The van der Waals surface area contributed by atoms with Crippen molar-refractivity contribution < 1.29 is 9.53 Å². The highest BCUT2D eigenvalue weighted by molar-refractivity contribution is 7.22. The van der Waals surface area contributed by atoms with Crippen LogP contribution in [0.3, 0.4) is 0 Å². The summed E-state index contributed by atoms with van der Waals surface area (Å²) in [5.41, 5.74) is 3.33. The maximum atomic E-state index is 13.4. The molecule has 0 aliphatic heterocycles. The number of carbonyl (C=O) groups excluding carboxylic acids is 1. The molecule has 2 heterocycles. The van der Waals surface area contributed by atoms with Crippen molar-refractivity contribution in [3.05, 3.63) is 82.6 Å². The molecule has 4 rings (SSSR count). The first-order chi connectivity index (χ1) is 14.0. The van der Waals surface area contributed by atoms with Crippen molar-refractivity contribution >= 4 is 44.2 Å². The number of carbonyl (C=O) groups is 1. The number of hydrogen-bond donors (Lipinski definition) is 0. The molecule has 0 unspecified atom stereocenters. The Kier molecular flexibility index (Phi) is 5.47. The maximum absolute atomic E-state index is 13.4. The molecule has 0 aliphatic carbocycles. The fraction of sp³-hybridized carbons (Fsp3) is 0.136. The Morgan fingerprint density at radius 2 is 1.97 bits per heavy atom. The number of aromatic nitrogens is 2. The molecule has 0 aliphatic rings. The number of halogens is 1. The van der Waals surface area contributed by atoms with E-state index in [1.165, 1.54) is 11.3 Å². The molecule has 5 nitrogen and oxygen atoms in total. The van der Waals surface area contributed by atoms with Gasteiger partial charge in [0.2, 0.25) is 0 Å². The molecule has 4 aromatic rings. The van der Waals surface area contributed by atoms with Crippen molar-refractivity contribution in [3.8, 4) is 5.75 Å². The summed E-state index contributed by atoms with van der Waals surface area (Å²) in [6, 6.07) is 14.7. The van der Waals surface area contributed by atoms with E-state index in [4.69, 9.17) is 21.3 Å². The molecule has 1 amide bonds. The van der Waals surface area contributed by atoms with Crippen LogP contribution in [0.2, 0.25) is 5.02 Å². The van der Waals surface area contributed by atoms with Gasteiger partial charge in [-0.05, 0) is 60.5 Å². The number of fused-ring (bicyclic) bond motifs is 1. The zero-order valence-corrected chi connectivity index (χ0v) is 17.5. The molecule has 2 aromatic carbocycles. The fourth-order valence-corrected chi connectivity index (χ4v) is 4.49. The molecule has 0 radical (unpaired) electrons. The van der Waals surface area contributed by atoms with Crippen LogP contribution in [0.25, 0.3) is 10.2 Å². The third-order valence-corrected chi connectivity index (χ3v) is 5.77. The second-order valence-electron chi connectivity index (χ2n) is 6.54. The number of anilines is 1. The number of aryl methyl sites for hydroxylation is 1. The summed E-state index contributed by atoms with van der Waals surface area (Å²) in [5.74, 6) is 0.482. The summed E-state index contributed by atoms with van der Waals surface area (Å²) in [5, 5.41) is 1.28. The Hall–Kier alpha value is -2.96. The predicted molar refractivity (Wildman–Crippen MR) is 117 cm³/mol. The Morgan fingerprint density at radius 3 is 2.72 bits per heavy atom. The quantitative estimate of drug-likeness (QED) is 0.424. The van der Waals surface area contributed by atoms with Gasteiger partial charge < -0.3 is 4.74 Å². The van der Waals surface area contributed by atoms with Gasteiger partial charge in [0.05, 0.1) is 23.9 Å². The molecule has 0 saturated carbocycles. The lowest BCUT2D eigenvalue weighted by molar-refractivity contribution is 0.0985.